The first-order chi connectivity index (χ1) is 12.6. The standard InChI is InChI=1S/C21H27NO4/c1-5-26-18-9-6-16(7-10-18)15-22(2)21(23)13-8-17-14-19(24-3)11-12-20(17)25-4/h6-7,9-12,14H,5,8,13,15H2,1-4H3. The lowest BCUT2D eigenvalue weighted by molar-refractivity contribution is -0.130. The second-order valence-electron chi connectivity index (χ2n) is 6.00. The Labute approximate surface area is 155 Å². The molecule has 0 atom stereocenters. The number of carbonyl (C=O) groups is 1. The molecule has 2 aromatic rings. The quantitative estimate of drug-likeness (QED) is 0.687. The third kappa shape index (κ3) is 5.41. The van der Waals surface area contributed by atoms with E-state index in [1.807, 2.05) is 56.4 Å². The zero-order valence-electron chi connectivity index (χ0n) is 16.0. The first-order valence-corrected chi connectivity index (χ1v) is 8.74. The number of carbonyl (C=O) groups excluding carboxylic acids is 1. The minimum absolute atomic E-state index is 0.0868. The molecule has 0 spiro atoms. The Balaban J connectivity index is 1.92. The molecule has 5 nitrogen and oxygen atoms in total. The second-order valence-corrected chi connectivity index (χ2v) is 6.00. The molecule has 0 bridgehead atoms. The van der Waals surface area contributed by atoms with Crippen molar-refractivity contribution in [2.45, 2.75) is 26.3 Å². The molecule has 0 unspecified atom stereocenters. The molecule has 0 aromatic heterocycles. The van der Waals surface area contributed by atoms with Crippen molar-refractivity contribution < 1.29 is 19.0 Å². The largest absolute Gasteiger partial charge is 0.497 e. The van der Waals surface area contributed by atoms with Crippen molar-refractivity contribution in [3.63, 3.8) is 0 Å². The zero-order chi connectivity index (χ0) is 18.9. The van der Waals surface area contributed by atoms with Gasteiger partial charge in [0.15, 0.2) is 0 Å². The predicted molar refractivity (Wildman–Crippen MR) is 102 cm³/mol. The average molecular weight is 357 g/mol. The molecule has 1 amide bonds. The molecular weight excluding hydrogens is 330 g/mol. The molecule has 0 aliphatic heterocycles. The minimum Gasteiger partial charge on any atom is -0.497 e. The highest BCUT2D eigenvalue weighted by atomic mass is 16.5. The van der Waals surface area contributed by atoms with E-state index in [0.717, 1.165) is 28.4 Å². The SMILES string of the molecule is CCOc1ccc(CN(C)C(=O)CCc2cc(OC)ccc2OC)cc1. The van der Waals surface area contributed by atoms with Gasteiger partial charge in [-0.2, -0.15) is 0 Å². The zero-order valence-corrected chi connectivity index (χ0v) is 16.0. The van der Waals surface area contributed by atoms with Gasteiger partial charge in [-0.25, -0.2) is 0 Å². The number of methoxy groups -OCH3 is 2. The normalized spacial score (nSPS) is 10.3. The van der Waals surface area contributed by atoms with Gasteiger partial charge in [-0.15, -0.1) is 0 Å². The Hall–Kier alpha value is -2.69. The van der Waals surface area contributed by atoms with Gasteiger partial charge < -0.3 is 19.1 Å². The van der Waals surface area contributed by atoms with E-state index in [1.54, 1.807) is 19.1 Å². The molecule has 0 N–H and O–H groups in total. The number of ether oxygens (including phenoxy) is 3. The molecular formula is C21H27NO4. The Morgan fingerprint density at radius 1 is 1.00 bits per heavy atom. The van der Waals surface area contributed by atoms with Crippen LogP contribution in [-0.4, -0.2) is 38.7 Å². The van der Waals surface area contributed by atoms with Gasteiger partial charge in [-0.1, -0.05) is 12.1 Å². The number of hydrogen-bond acceptors (Lipinski definition) is 4. The summed E-state index contributed by atoms with van der Waals surface area (Å²) in [4.78, 5) is 14.2. The van der Waals surface area contributed by atoms with Crippen LogP contribution in [0.1, 0.15) is 24.5 Å². The summed E-state index contributed by atoms with van der Waals surface area (Å²) in [7, 11) is 5.08. The fraction of sp³-hybridized carbons (Fsp3) is 0.381. The van der Waals surface area contributed by atoms with Crippen LogP contribution in [0, 0.1) is 0 Å². The van der Waals surface area contributed by atoms with E-state index in [1.165, 1.54) is 0 Å². The molecule has 0 aliphatic carbocycles. The van der Waals surface area contributed by atoms with Crippen molar-refractivity contribution in [2.24, 2.45) is 0 Å². The lowest BCUT2D eigenvalue weighted by Crippen LogP contribution is -2.26. The predicted octanol–water partition coefficient (Wildman–Crippen LogP) is 3.69. The molecule has 0 radical (unpaired) electrons. The minimum atomic E-state index is 0.0868. The molecule has 0 fully saturated rings. The van der Waals surface area contributed by atoms with Gasteiger partial charge >= 0.3 is 0 Å². The maximum Gasteiger partial charge on any atom is 0.222 e. The molecule has 26 heavy (non-hydrogen) atoms. The first-order valence-electron chi connectivity index (χ1n) is 8.74. The Morgan fingerprint density at radius 3 is 2.31 bits per heavy atom. The van der Waals surface area contributed by atoms with Gasteiger partial charge in [0.25, 0.3) is 0 Å². The summed E-state index contributed by atoms with van der Waals surface area (Å²) in [5.74, 6) is 2.46. The lowest BCUT2D eigenvalue weighted by atomic mass is 10.1. The highest BCUT2D eigenvalue weighted by Crippen LogP contribution is 2.25. The fourth-order valence-electron chi connectivity index (χ4n) is 2.73. The third-order valence-corrected chi connectivity index (χ3v) is 4.18. The summed E-state index contributed by atoms with van der Waals surface area (Å²) >= 11 is 0. The van der Waals surface area contributed by atoms with Gasteiger partial charge in [0.05, 0.1) is 20.8 Å². The lowest BCUT2D eigenvalue weighted by Gasteiger charge is -2.18. The van der Waals surface area contributed by atoms with E-state index in [-0.39, 0.29) is 5.91 Å². The van der Waals surface area contributed by atoms with Crippen LogP contribution in [0.25, 0.3) is 0 Å². The fourth-order valence-corrected chi connectivity index (χ4v) is 2.73. The van der Waals surface area contributed by atoms with Gasteiger partial charge in [0.2, 0.25) is 5.91 Å². The maximum absolute atomic E-state index is 12.5. The Kier molecular flexibility index (Phi) is 7.33. The number of amides is 1. The molecule has 2 rings (SSSR count). The van der Waals surface area contributed by atoms with Gasteiger partial charge in [-0.05, 0) is 54.8 Å². The van der Waals surface area contributed by atoms with E-state index >= 15 is 0 Å². The highest BCUT2D eigenvalue weighted by molar-refractivity contribution is 5.76. The van der Waals surface area contributed by atoms with Crippen LogP contribution in [0.3, 0.4) is 0 Å². The molecule has 0 saturated heterocycles. The number of rotatable bonds is 9. The van der Waals surface area contributed by atoms with Crippen molar-refractivity contribution in [1.29, 1.82) is 0 Å². The van der Waals surface area contributed by atoms with Crippen LogP contribution < -0.4 is 14.2 Å². The summed E-state index contributed by atoms with van der Waals surface area (Å²) < 4.78 is 16.1. The third-order valence-electron chi connectivity index (χ3n) is 4.18. The molecule has 0 heterocycles. The van der Waals surface area contributed by atoms with Gasteiger partial charge in [0.1, 0.15) is 17.2 Å². The van der Waals surface area contributed by atoms with Crippen molar-refractivity contribution in [3.05, 3.63) is 53.6 Å². The van der Waals surface area contributed by atoms with Crippen LogP contribution in [0.15, 0.2) is 42.5 Å². The Morgan fingerprint density at radius 2 is 1.69 bits per heavy atom. The van der Waals surface area contributed by atoms with Gasteiger partial charge in [0, 0.05) is 20.0 Å². The Bertz CT molecular complexity index is 712. The van der Waals surface area contributed by atoms with E-state index in [4.69, 9.17) is 14.2 Å². The summed E-state index contributed by atoms with van der Waals surface area (Å²) in [5.41, 5.74) is 2.04. The smallest absolute Gasteiger partial charge is 0.222 e. The van der Waals surface area contributed by atoms with Crippen LogP contribution in [-0.2, 0) is 17.8 Å². The number of hydrogen-bond donors (Lipinski definition) is 0. The van der Waals surface area contributed by atoms with Crippen LogP contribution in [0.2, 0.25) is 0 Å². The van der Waals surface area contributed by atoms with Crippen molar-refractivity contribution in [1.82, 2.24) is 4.90 Å². The first kappa shape index (κ1) is 19.6. The van der Waals surface area contributed by atoms with Crippen molar-refractivity contribution in [3.8, 4) is 17.2 Å². The molecule has 0 aliphatic rings. The van der Waals surface area contributed by atoms with E-state index in [9.17, 15) is 4.79 Å². The topological polar surface area (TPSA) is 48.0 Å². The van der Waals surface area contributed by atoms with Crippen molar-refractivity contribution in [2.75, 3.05) is 27.9 Å². The summed E-state index contributed by atoms with van der Waals surface area (Å²) in [6, 6.07) is 13.5. The number of benzene rings is 2. The highest BCUT2D eigenvalue weighted by Gasteiger charge is 2.12. The monoisotopic (exact) mass is 357 g/mol. The van der Waals surface area contributed by atoms with E-state index in [0.29, 0.717) is 26.0 Å². The second kappa shape index (κ2) is 9.70. The average Bonchev–Trinajstić information content (AvgIpc) is 2.67. The van der Waals surface area contributed by atoms with Gasteiger partial charge in [-0.3, -0.25) is 4.79 Å². The van der Waals surface area contributed by atoms with Crippen LogP contribution in [0.5, 0.6) is 17.2 Å². The molecule has 2 aromatic carbocycles. The maximum atomic E-state index is 12.5. The van der Waals surface area contributed by atoms with Crippen LogP contribution in [0.4, 0.5) is 0 Å². The number of nitrogens with zero attached hydrogens (tertiary/aromatic N) is 1. The summed E-state index contributed by atoms with van der Waals surface area (Å²) in [6.45, 7) is 3.17. The van der Waals surface area contributed by atoms with E-state index in [2.05, 4.69) is 0 Å². The van der Waals surface area contributed by atoms with Crippen LogP contribution >= 0.6 is 0 Å². The summed E-state index contributed by atoms with van der Waals surface area (Å²) in [5, 5.41) is 0. The number of aryl methyl sites for hydroxylation is 1. The summed E-state index contributed by atoms with van der Waals surface area (Å²) in [6.07, 6.45) is 1.02. The molecule has 5 heteroatoms. The molecule has 140 valence electrons. The molecule has 0 saturated carbocycles. The van der Waals surface area contributed by atoms with Crippen molar-refractivity contribution >= 4 is 5.91 Å². The van der Waals surface area contributed by atoms with E-state index < -0.39 is 0 Å².